The number of methoxy groups -OCH3 is 1. The van der Waals surface area contributed by atoms with Gasteiger partial charge in [0.2, 0.25) is 0 Å². The molecule has 1 aromatic carbocycles. The van der Waals surface area contributed by atoms with Crippen LogP contribution in [0, 0.1) is 6.92 Å². The van der Waals surface area contributed by atoms with Gasteiger partial charge in [0.15, 0.2) is 0 Å². The maximum Gasteiger partial charge on any atom is 0.142 e. The fraction of sp³-hybridized carbons (Fsp3) is 0.467. The van der Waals surface area contributed by atoms with E-state index in [1.165, 1.54) is 34.0 Å². The van der Waals surface area contributed by atoms with Crippen LogP contribution in [-0.2, 0) is 0 Å². The van der Waals surface area contributed by atoms with Crippen molar-refractivity contribution in [2.75, 3.05) is 20.2 Å². The lowest BCUT2D eigenvalue weighted by molar-refractivity contribution is 0.418. The van der Waals surface area contributed by atoms with E-state index in [9.17, 15) is 0 Å². The van der Waals surface area contributed by atoms with Crippen LogP contribution in [0.1, 0.15) is 30.0 Å². The van der Waals surface area contributed by atoms with E-state index in [4.69, 9.17) is 4.74 Å². The van der Waals surface area contributed by atoms with Crippen molar-refractivity contribution in [3.8, 4) is 5.75 Å². The summed E-state index contributed by atoms with van der Waals surface area (Å²) in [6.45, 7) is 4.34. The standard InChI is InChI=1S/C15H19BrN2O/c1-9-3-4-11(19-2)15-12(9)13(16)14(18-15)10-5-7-17-8-6-10/h3-4,10,17-18H,5-8H2,1-2H3. The van der Waals surface area contributed by atoms with Crippen molar-refractivity contribution in [3.63, 3.8) is 0 Å². The summed E-state index contributed by atoms with van der Waals surface area (Å²) < 4.78 is 6.69. The van der Waals surface area contributed by atoms with Crippen molar-refractivity contribution < 1.29 is 4.74 Å². The number of halogens is 1. The van der Waals surface area contributed by atoms with Gasteiger partial charge in [-0.15, -0.1) is 0 Å². The van der Waals surface area contributed by atoms with Crippen LogP contribution in [0.3, 0.4) is 0 Å². The molecular formula is C15H19BrN2O. The van der Waals surface area contributed by atoms with E-state index < -0.39 is 0 Å². The van der Waals surface area contributed by atoms with Gasteiger partial charge in [-0.3, -0.25) is 0 Å². The second-order valence-electron chi connectivity index (χ2n) is 5.21. The number of hydrogen-bond acceptors (Lipinski definition) is 2. The van der Waals surface area contributed by atoms with Gasteiger partial charge in [-0.05, 0) is 60.4 Å². The van der Waals surface area contributed by atoms with Crippen LogP contribution in [0.15, 0.2) is 16.6 Å². The predicted octanol–water partition coefficient (Wildman–Crippen LogP) is 3.71. The average molecular weight is 323 g/mol. The summed E-state index contributed by atoms with van der Waals surface area (Å²) in [5.41, 5.74) is 3.71. The molecule has 4 heteroatoms. The van der Waals surface area contributed by atoms with Gasteiger partial charge in [0.25, 0.3) is 0 Å². The molecule has 0 unspecified atom stereocenters. The molecule has 0 bridgehead atoms. The zero-order valence-corrected chi connectivity index (χ0v) is 12.9. The van der Waals surface area contributed by atoms with Gasteiger partial charge < -0.3 is 15.0 Å². The number of nitrogens with one attached hydrogen (secondary N) is 2. The van der Waals surface area contributed by atoms with Crippen molar-refractivity contribution >= 4 is 26.8 Å². The highest BCUT2D eigenvalue weighted by atomic mass is 79.9. The van der Waals surface area contributed by atoms with E-state index in [-0.39, 0.29) is 0 Å². The van der Waals surface area contributed by atoms with E-state index >= 15 is 0 Å². The van der Waals surface area contributed by atoms with Gasteiger partial charge in [-0.25, -0.2) is 0 Å². The number of hydrogen-bond donors (Lipinski definition) is 2. The first-order chi connectivity index (χ1) is 9.22. The van der Waals surface area contributed by atoms with E-state index in [1.54, 1.807) is 7.11 Å². The molecule has 3 nitrogen and oxygen atoms in total. The van der Waals surface area contributed by atoms with Gasteiger partial charge in [-0.2, -0.15) is 0 Å². The third-order valence-corrected chi connectivity index (χ3v) is 4.88. The van der Waals surface area contributed by atoms with Crippen LogP contribution < -0.4 is 10.1 Å². The number of benzene rings is 1. The molecule has 3 rings (SSSR count). The summed E-state index contributed by atoms with van der Waals surface area (Å²) in [5.74, 6) is 1.52. The molecule has 2 heterocycles. The SMILES string of the molecule is COc1ccc(C)c2c(Br)c(C3CCNCC3)[nH]c12. The average Bonchev–Trinajstić information content (AvgIpc) is 2.79. The first-order valence-corrected chi connectivity index (χ1v) is 7.57. The van der Waals surface area contributed by atoms with Crippen LogP contribution in [0.2, 0.25) is 0 Å². The summed E-state index contributed by atoms with van der Waals surface area (Å²) in [7, 11) is 1.73. The Labute approximate surface area is 121 Å². The van der Waals surface area contributed by atoms with Crippen molar-refractivity contribution in [1.82, 2.24) is 10.3 Å². The molecule has 0 atom stereocenters. The Hall–Kier alpha value is -1.00. The maximum atomic E-state index is 5.47. The number of aromatic nitrogens is 1. The minimum atomic E-state index is 0.604. The summed E-state index contributed by atoms with van der Waals surface area (Å²) in [5, 5.41) is 4.68. The minimum absolute atomic E-state index is 0.604. The van der Waals surface area contributed by atoms with Crippen molar-refractivity contribution in [2.24, 2.45) is 0 Å². The maximum absolute atomic E-state index is 5.47. The van der Waals surface area contributed by atoms with Crippen molar-refractivity contribution in [2.45, 2.75) is 25.7 Å². The number of aryl methyl sites for hydroxylation is 1. The van der Waals surface area contributed by atoms with E-state index in [0.29, 0.717) is 5.92 Å². The van der Waals surface area contributed by atoms with E-state index in [2.05, 4.69) is 39.2 Å². The van der Waals surface area contributed by atoms with Gasteiger partial charge in [0, 0.05) is 21.5 Å². The molecule has 0 radical (unpaired) electrons. The first-order valence-electron chi connectivity index (χ1n) is 6.77. The monoisotopic (exact) mass is 322 g/mol. The molecule has 2 aromatic rings. The minimum Gasteiger partial charge on any atom is -0.495 e. The highest BCUT2D eigenvalue weighted by Gasteiger charge is 2.22. The zero-order valence-electron chi connectivity index (χ0n) is 11.3. The number of ether oxygens (including phenoxy) is 1. The third-order valence-electron chi connectivity index (χ3n) is 4.06. The lowest BCUT2D eigenvalue weighted by atomic mass is 9.94. The molecule has 0 saturated carbocycles. The lowest BCUT2D eigenvalue weighted by Crippen LogP contribution is -2.26. The summed E-state index contributed by atoms with van der Waals surface area (Å²) in [4.78, 5) is 3.59. The first kappa shape index (κ1) is 13.0. The van der Waals surface area contributed by atoms with Crippen LogP contribution in [0.25, 0.3) is 10.9 Å². The lowest BCUT2D eigenvalue weighted by Gasteiger charge is -2.22. The molecule has 1 aromatic heterocycles. The molecule has 0 amide bonds. The zero-order chi connectivity index (χ0) is 13.4. The highest BCUT2D eigenvalue weighted by molar-refractivity contribution is 9.10. The molecule has 102 valence electrons. The number of H-pyrrole nitrogens is 1. The fourth-order valence-electron chi connectivity index (χ4n) is 2.98. The van der Waals surface area contributed by atoms with Crippen molar-refractivity contribution in [1.29, 1.82) is 0 Å². The highest BCUT2D eigenvalue weighted by Crippen LogP contribution is 2.40. The van der Waals surface area contributed by atoms with Gasteiger partial charge >= 0.3 is 0 Å². The Morgan fingerprint density at radius 1 is 1.26 bits per heavy atom. The Morgan fingerprint density at radius 2 is 2.00 bits per heavy atom. The molecule has 1 saturated heterocycles. The van der Waals surface area contributed by atoms with Crippen LogP contribution in [0.4, 0.5) is 0 Å². The molecule has 19 heavy (non-hydrogen) atoms. The van der Waals surface area contributed by atoms with Crippen LogP contribution >= 0.6 is 15.9 Å². The normalized spacial score (nSPS) is 17.0. The molecule has 1 fully saturated rings. The Kier molecular flexibility index (Phi) is 3.54. The summed E-state index contributed by atoms with van der Waals surface area (Å²) in [6, 6.07) is 4.15. The number of piperidine rings is 1. The van der Waals surface area contributed by atoms with Crippen LogP contribution in [-0.4, -0.2) is 25.2 Å². The molecule has 1 aliphatic rings. The quantitative estimate of drug-likeness (QED) is 0.884. The fourth-order valence-corrected chi connectivity index (χ4v) is 3.91. The Morgan fingerprint density at radius 3 is 2.68 bits per heavy atom. The third kappa shape index (κ3) is 2.17. The molecule has 0 aliphatic carbocycles. The second kappa shape index (κ2) is 5.17. The number of rotatable bonds is 2. The second-order valence-corrected chi connectivity index (χ2v) is 6.00. The molecular weight excluding hydrogens is 304 g/mol. The topological polar surface area (TPSA) is 37.0 Å². The predicted molar refractivity (Wildman–Crippen MR) is 82.1 cm³/mol. The van der Waals surface area contributed by atoms with Gasteiger partial charge in [-0.1, -0.05) is 6.07 Å². The summed E-state index contributed by atoms with van der Waals surface area (Å²) in [6.07, 6.45) is 2.37. The van der Waals surface area contributed by atoms with Crippen molar-refractivity contribution in [3.05, 3.63) is 27.9 Å². The molecule has 2 N–H and O–H groups in total. The summed E-state index contributed by atoms with van der Waals surface area (Å²) >= 11 is 3.79. The number of fused-ring (bicyclic) bond motifs is 1. The Balaban J connectivity index is 2.16. The number of aromatic amines is 1. The smallest absolute Gasteiger partial charge is 0.142 e. The largest absolute Gasteiger partial charge is 0.495 e. The Bertz CT molecular complexity index is 600. The molecule has 1 aliphatic heterocycles. The van der Waals surface area contributed by atoms with Gasteiger partial charge in [0.1, 0.15) is 5.75 Å². The van der Waals surface area contributed by atoms with E-state index in [0.717, 1.165) is 24.4 Å². The van der Waals surface area contributed by atoms with E-state index in [1.807, 2.05) is 6.07 Å². The molecule has 0 spiro atoms. The van der Waals surface area contributed by atoms with Crippen LogP contribution in [0.5, 0.6) is 5.75 Å². The van der Waals surface area contributed by atoms with Gasteiger partial charge in [0.05, 0.1) is 12.6 Å².